The SMILES string of the molecule is Cc1ccc(N(C)c2cccc(F)c2C=O)cc1. The maximum Gasteiger partial charge on any atom is 0.155 e. The zero-order chi connectivity index (χ0) is 13.1. The molecule has 2 aromatic rings. The van der Waals surface area contributed by atoms with Gasteiger partial charge in [-0.3, -0.25) is 4.79 Å². The average Bonchev–Trinajstić information content (AvgIpc) is 2.38. The number of carbonyl (C=O) groups is 1. The van der Waals surface area contributed by atoms with Gasteiger partial charge in [0.05, 0.1) is 11.3 Å². The van der Waals surface area contributed by atoms with Gasteiger partial charge in [0.2, 0.25) is 0 Å². The molecule has 0 amide bonds. The summed E-state index contributed by atoms with van der Waals surface area (Å²) in [6, 6.07) is 12.5. The number of aryl methyl sites for hydroxylation is 1. The van der Waals surface area contributed by atoms with E-state index in [-0.39, 0.29) is 5.56 Å². The molecule has 0 N–H and O–H groups in total. The molecule has 0 spiro atoms. The van der Waals surface area contributed by atoms with E-state index in [1.54, 1.807) is 17.0 Å². The monoisotopic (exact) mass is 243 g/mol. The second kappa shape index (κ2) is 5.00. The van der Waals surface area contributed by atoms with Gasteiger partial charge in [-0.2, -0.15) is 0 Å². The summed E-state index contributed by atoms with van der Waals surface area (Å²) in [5.41, 5.74) is 2.71. The van der Waals surface area contributed by atoms with Gasteiger partial charge in [-0.15, -0.1) is 0 Å². The largest absolute Gasteiger partial charge is 0.344 e. The van der Waals surface area contributed by atoms with E-state index in [1.165, 1.54) is 6.07 Å². The molecule has 0 saturated carbocycles. The molecule has 0 unspecified atom stereocenters. The van der Waals surface area contributed by atoms with E-state index in [1.807, 2.05) is 38.2 Å². The van der Waals surface area contributed by atoms with Crippen molar-refractivity contribution in [1.82, 2.24) is 0 Å². The Morgan fingerprint density at radius 3 is 2.39 bits per heavy atom. The van der Waals surface area contributed by atoms with Crippen LogP contribution in [0.5, 0.6) is 0 Å². The van der Waals surface area contributed by atoms with Crippen molar-refractivity contribution in [2.75, 3.05) is 11.9 Å². The summed E-state index contributed by atoms with van der Waals surface area (Å²) in [4.78, 5) is 12.8. The van der Waals surface area contributed by atoms with E-state index < -0.39 is 5.82 Å². The van der Waals surface area contributed by atoms with Crippen LogP contribution in [0.2, 0.25) is 0 Å². The molecule has 92 valence electrons. The van der Waals surface area contributed by atoms with Crippen LogP contribution in [0.25, 0.3) is 0 Å². The molecule has 2 nitrogen and oxygen atoms in total. The molecular weight excluding hydrogens is 229 g/mol. The lowest BCUT2D eigenvalue weighted by molar-refractivity contribution is 0.112. The highest BCUT2D eigenvalue weighted by atomic mass is 19.1. The van der Waals surface area contributed by atoms with E-state index in [4.69, 9.17) is 0 Å². The van der Waals surface area contributed by atoms with Gasteiger partial charge < -0.3 is 4.90 Å². The normalized spacial score (nSPS) is 10.2. The highest BCUT2D eigenvalue weighted by Crippen LogP contribution is 2.27. The van der Waals surface area contributed by atoms with Crippen molar-refractivity contribution in [2.24, 2.45) is 0 Å². The van der Waals surface area contributed by atoms with Gasteiger partial charge in [-0.05, 0) is 31.2 Å². The Kier molecular flexibility index (Phi) is 3.42. The van der Waals surface area contributed by atoms with E-state index in [9.17, 15) is 9.18 Å². The molecule has 0 heterocycles. The molecule has 0 aromatic heterocycles. The fourth-order valence-corrected chi connectivity index (χ4v) is 1.84. The first-order valence-corrected chi connectivity index (χ1v) is 5.67. The minimum absolute atomic E-state index is 0.0839. The quantitative estimate of drug-likeness (QED) is 0.766. The summed E-state index contributed by atoms with van der Waals surface area (Å²) < 4.78 is 13.5. The van der Waals surface area contributed by atoms with Crippen LogP contribution in [0.3, 0.4) is 0 Å². The van der Waals surface area contributed by atoms with Gasteiger partial charge in [-0.25, -0.2) is 4.39 Å². The van der Waals surface area contributed by atoms with E-state index in [2.05, 4.69) is 0 Å². The van der Waals surface area contributed by atoms with Crippen LogP contribution in [0.1, 0.15) is 15.9 Å². The van der Waals surface area contributed by atoms with Crippen LogP contribution in [-0.2, 0) is 0 Å². The number of anilines is 2. The van der Waals surface area contributed by atoms with Crippen LogP contribution < -0.4 is 4.90 Å². The van der Waals surface area contributed by atoms with Crippen molar-refractivity contribution in [2.45, 2.75) is 6.92 Å². The first-order chi connectivity index (χ1) is 8.63. The van der Waals surface area contributed by atoms with Crippen LogP contribution in [0.4, 0.5) is 15.8 Å². The van der Waals surface area contributed by atoms with Crippen molar-refractivity contribution >= 4 is 17.7 Å². The maximum atomic E-state index is 13.5. The van der Waals surface area contributed by atoms with Crippen LogP contribution in [0.15, 0.2) is 42.5 Å². The molecule has 0 aliphatic heterocycles. The first kappa shape index (κ1) is 12.3. The smallest absolute Gasteiger partial charge is 0.155 e. The zero-order valence-corrected chi connectivity index (χ0v) is 10.4. The third-order valence-corrected chi connectivity index (χ3v) is 2.93. The summed E-state index contributed by atoms with van der Waals surface area (Å²) in [5.74, 6) is -0.499. The minimum atomic E-state index is -0.499. The number of benzene rings is 2. The molecule has 0 aliphatic carbocycles. The molecular formula is C15H14FNO. The molecule has 0 radical (unpaired) electrons. The van der Waals surface area contributed by atoms with Gasteiger partial charge in [0.15, 0.2) is 6.29 Å². The van der Waals surface area contributed by atoms with Crippen LogP contribution in [0, 0.1) is 12.7 Å². The Hall–Kier alpha value is -2.16. The van der Waals surface area contributed by atoms with E-state index in [0.29, 0.717) is 12.0 Å². The van der Waals surface area contributed by atoms with Crippen molar-refractivity contribution < 1.29 is 9.18 Å². The van der Waals surface area contributed by atoms with Gasteiger partial charge in [0, 0.05) is 12.7 Å². The molecule has 0 aliphatic rings. The molecule has 18 heavy (non-hydrogen) atoms. The molecule has 3 heteroatoms. The second-order valence-corrected chi connectivity index (χ2v) is 4.19. The third-order valence-electron chi connectivity index (χ3n) is 2.93. The van der Waals surface area contributed by atoms with Crippen molar-refractivity contribution in [3.63, 3.8) is 0 Å². The Labute approximate surface area is 106 Å². The Bertz CT molecular complexity index is 563. The summed E-state index contributed by atoms with van der Waals surface area (Å²) in [5, 5.41) is 0. The fraction of sp³-hybridized carbons (Fsp3) is 0.133. The van der Waals surface area contributed by atoms with Gasteiger partial charge >= 0.3 is 0 Å². The summed E-state index contributed by atoms with van der Waals surface area (Å²) in [6.45, 7) is 2.00. The lowest BCUT2D eigenvalue weighted by Gasteiger charge is -2.21. The van der Waals surface area contributed by atoms with Crippen LogP contribution >= 0.6 is 0 Å². The maximum absolute atomic E-state index is 13.5. The highest BCUT2D eigenvalue weighted by Gasteiger charge is 2.12. The average molecular weight is 243 g/mol. The Morgan fingerprint density at radius 2 is 1.78 bits per heavy atom. The predicted octanol–water partition coefficient (Wildman–Crippen LogP) is 3.71. The van der Waals surface area contributed by atoms with Gasteiger partial charge in [0.1, 0.15) is 5.82 Å². The number of nitrogens with zero attached hydrogens (tertiary/aromatic N) is 1. The topological polar surface area (TPSA) is 20.3 Å². The molecule has 0 saturated heterocycles. The number of hydrogen-bond acceptors (Lipinski definition) is 2. The standard InChI is InChI=1S/C15H14FNO/c1-11-6-8-12(9-7-11)17(2)15-5-3-4-14(16)13(15)10-18/h3-10H,1-2H3. The number of carbonyl (C=O) groups excluding carboxylic acids is 1. The molecule has 2 aromatic carbocycles. The number of rotatable bonds is 3. The summed E-state index contributed by atoms with van der Waals surface area (Å²) in [7, 11) is 1.81. The summed E-state index contributed by atoms with van der Waals surface area (Å²) >= 11 is 0. The third kappa shape index (κ3) is 2.25. The van der Waals surface area contributed by atoms with E-state index >= 15 is 0 Å². The number of hydrogen-bond donors (Lipinski definition) is 0. The Balaban J connectivity index is 2.45. The molecule has 0 fully saturated rings. The first-order valence-electron chi connectivity index (χ1n) is 5.67. The second-order valence-electron chi connectivity index (χ2n) is 4.19. The van der Waals surface area contributed by atoms with Crippen molar-refractivity contribution in [3.05, 3.63) is 59.4 Å². The predicted molar refractivity (Wildman–Crippen MR) is 71.0 cm³/mol. The minimum Gasteiger partial charge on any atom is -0.344 e. The lowest BCUT2D eigenvalue weighted by Crippen LogP contribution is -2.12. The van der Waals surface area contributed by atoms with Gasteiger partial charge in [0.25, 0.3) is 0 Å². The van der Waals surface area contributed by atoms with E-state index in [0.717, 1.165) is 11.3 Å². The number of aldehydes is 1. The molecule has 2 rings (SSSR count). The lowest BCUT2D eigenvalue weighted by atomic mass is 10.1. The van der Waals surface area contributed by atoms with Crippen molar-refractivity contribution in [3.8, 4) is 0 Å². The Morgan fingerprint density at radius 1 is 1.11 bits per heavy atom. The summed E-state index contributed by atoms with van der Waals surface area (Å²) in [6.07, 6.45) is 0.551. The molecule has 0 atom stereocenters. The van der Waals surface area contributed by atoms with Crippen LogP contribution in [-0.4, -0.2) is 13.3 Å². The number of halogens is 1. The highest BCUT2D eigenvalue weighted by molar-refractivity contribution is 5.87. The van der Waals surface area contributed by atoms with Crippen molar-refractivity contribution in [1.29, 1.82) is 0 Å². The zero-order valence-electron chi connectivity index (χ0n) is 10.4. The fourth-order valence-electron chi connectivity index (χ4n) is 1.84. The molecule has 0 bridgehead atoms. The van der Waals surface area contributed by atoms with Gasteiger partial charge in [-0.1, -0.05) is 23.8 Å².